The predicted octanol–water partition coefficient (Wildman–Crippen LogP) is 14.7. The fourth-order valence-electron chi connectivity index (χ4n) is 11.2. The number of hydrogen-bond donors (Lipinski definition) is 0. The van der Waals surface area contributed by atoms with E-state index in [1.165, 1.54) is 66.7 Å². The van der Waals surface area contributed by atoms with Gasteiger partial charge >= 0.3 is 0 Å². The summed E-state index contributed by atoms with van der Waals surface area (Å²) < 4.78 is 6.80. The third-order valence-electron chi connectivity index (χ3n) is 14.0. The highest BCUT2D eigenvalue weighted by Gasteiger charge is 2.47. The van der Waals surface area contributed by atoms with E-state index in [0.717, 1.165) is 36.1 Å². The van der Waals surface area contributed by atoms with Crippen molar-refractivity contribution in [3.8, 4) is 0 Å². The zero-order valence-electron chi connectivity index (χ0n) is 36.7. The van der Waals surface area contributed by atoms with Crippen LogP contribution in [0.25, 0.3) is 21.9 Å². The lowest BCUT2D eigenvalue weighted by Gasteiger charge is -2.49. The molecule has 0 fully saturated rings. The highest BCUT2D eigenvalue weighted by Crippen LogP contribution is 2.54. The van der Waals surface area contributed by atoms with Crippen molar-refractivity contribution in [3.63, 3.8) is 0 Å². The van der Waals surface area contributed by atoms with Gasteiger partial charge in [0.15, 0.2) is 0 Å². The number of aryl methyl sites for hydroxylation is 1. The summed E-state index contributed by atoms with van der Waals surface area (Å²) in [7, 11) is 0. The Kier molecular flexibility index (Phi) is 9.50. The first-order valence-electron chi connectivity index (χ1n) is 22.5. The molecule has 5 heterocycles. The number of rotatable bonds is 6. The molecule has 0 N–H and O–H groups in total. The Bertz CT molecular complexity index is 2670. The molecule has 5 nitrogen and oxygen atoms in total. The first-order chi connectivity index (χ1) is 29.0. The van der Waals surface area contributed by atoms with E-state index in [-0.39, 0.29) is 24.3 Å². The molecule has 5 heteroatoms. The molecule has 306 valence electrons. The summed E-state index contributed by atoms with van der Waals surface area (Å²) in [6, 6.07) is 36.6. The minimum Gasteiger partial charge on any atom is -0.456 e. The molecule has 4 aliphatic heterocycles. The van der Waals surface area contributed by atoms with E-state index in [2.05, 4.69) is 197 Å². The van der Waals surface area contributed by atoms with Crippen LogP contribution in [0.4, 0.5) is 11.4 Å². The van der Waals surface area contributed by atoms with Crippen LogP contribution < -0.4 is 9.80 Å². The van der Waals surface area contributed by atoms with Gasteiger partial charge in [-0.25, -0.2) is 0 Å². The van der Waals surface area contributed by atoms with Crippen LogP contribution in [-0.4, -0.2) is 15.8 Å². The number of fused-ring (bicyclic) bond motifs is 12. The molecule has 0 radical (unpaired) electrons. The Morgan fingerprint density at radius 1 is 0.567 bits per heavy atom. The average molecular weight is 793 g/mol. The largest absolute Gasteiger partial charge is 0.456 e. The van der Waals surface area contributed by atoms with Gasteiger partial charge in [-0.1, -0.05) is 147 Å². The maximum Gasteiger partial charge on any atom is 0.140 e. The fourth-order valence-corrected chi connectivity index (χ4v) is 11.2. The average Bonchev–Trinajstić information content (AvgIpc) is 3.98. The number of nitrogens with zero attached hydrogens (tertiary/aromatic N) is 4. The van der Waals surface area contributed by atoms with Gasteiger partial charge in [-0.15, -0.1) is 0 Å². The lowest BCUT2D eigenvalue weighted by Crippen LogP contribution is -2.47. The standard InChI is InChI=1S/C55H60N4O/c1-33(2)39-22-16-23-40(34(3)4)51(39)58-30-28-57-48-31-37(9)56-27-29-59(52-46(35(5)6)32-47-44-20-14-15-24-49(44)60-53(47)50(52)36(7)8)54(56)41-18-11-10-17-38(41)25-26-43(48)42-19-12-13-21-45(42)55(57)58/h10-24,27-30,32-36,43,48,54-55H,9,25-26,31H2,1-8H3. The summed E-state index contributed by atoms with van der Waals surface area (Å²) in [4.78, 5) is 10.4. The monoisotopic (exact) mass is 792 g/mol. The molecule has 0 aliphatic carbocycles. The molecule has 4 unspecified atom stereocenters. The molecule has 1 aromatic heterocycles. The molecule has 0 amide bonds. The quantitative estimate of drug-likeness (QED) is 0.167. The Morgan fingerprint density at radius 3 is 1.90 bits per heavy atom. The summed E-state index contributed by atoms with van der Waals surface area (Å²) in [5, 5.41) is 2.39. The highest BCUT2D eigenvalue weighted by atomic mass is 16.3. The first kappa shape index (κ1) is 38.5. The van der Waals surface area contributed by atoms with Gasteiger partial charge in [-0.2, -0.15) is 0 Å². The van der Waals surface area contributed by atoms with Crippen LogP contribution in [0.1, 0.15) is 155 Å². The van der Waals surface area contributed by atoms with Crippen molar-refractivity contribution in [1.82, 2.24) is 9.80 Å². The number of para-hydroxylation sites is 2. The van der Waals surface area contributed by atoms with Gasteiger partial charge in [-0.3, -0.25) is 0 Å². The van der Waals surface area contributed by atoms with Gasteiger partial charge in [0.05, 0.1) is 5.69 Å². The smallest absolute Gasteiger partial charge is 0.140 e. The van der Waals surface area contributed by atoms with E-state index in [4.69, 9.17) is 11.0 Å². The summed E-state index contributed by atoms with van der Waals surface area (Å²) in [5.41, 5.74) is 16.8. The second-order valence-corrected chi connectivity index (χ2v) is 18.9. The molecule has 5 aromatic carbocycles. The van der Waals surface area contributed by atoms with Crippen molar-refractivity contribution in [1.29, 1.82) is 0 Å². The maximum atomic E-state index is 6.80. The van der Waals surface area contributed by atoms with E-state index < -0.39 is 0 Å². The van der Waals surface area contributed by atoms with E-state index in [1.807, 2.05) is 0 Å². The van der Waals surface area contributed by atoms with E-state index in [1.54, 1.807) is 0 Å². The lowest BCUT2D eigenvalue weighted by atomic mass is 9.76. The van der Waals surface area contributed by atoms with Crippen LogP contribution in [0.15, 0.2) is 139 Å². The Labute approximate surface area is 357 Å². The van der Waals surface area contributed by atoms with Crippen LogP contribution in [0.2, 0.25) is 0 Å². The molecule has 10 rings (SSSR count). The zero-order valence-corrected chi connectivity index (χ0v) is 36.7. The Balaban J connectivity index is 1.11. The molecule has 60 heavy (non-hydrogen) atoms. The minimum atomic E-state index is -0.0779. The van der Waals surface area contributed by atoms with Crippen LogP contribution in [0.5, 0.6) is 0 Å². The molecule has 4 atom stereocenters. The third kappa shape index (κ3) is 5.94. The first-order valence-corrected chi connectivity index (χ1v) is 22.5. The lowest BCUT2D eigenvalue weighted by molar-refractivity contribution is 0.156. The van der Waals surface area contributed by atoms with Gasteiger partial charge in [0, 0.05) is 70.9 Å². The van der Waals surface area contributed by atoms with Gasteiger partial charge in [0.25, 0.3) is 0 Å². The van der Waals surface area contributed by atoms with Crippen LogP contribution in [0.3, 0.4) is 0 Å². The number of anilines is 2. The van der Waals surface area contributed by atoms with Gasteiger partial charge in [0.2, 0.25) is 0 Å². The van der Waals surface area contributed by atoms with Crippen LogP contribution >= 0.6 is 0 Å². The van der Waals surface area contributed by atoms with Crippen molar-refractivity contribution in [2.45, 2.75) is 123 Å². The number of hydrogen-bond acceptors (Lipinski definition) is 5. The minimum absolute atomic E-state index is 0.0713. The molecular weight excluding hydrogens is 733 g/mol. The number of benzene rings is 5. The summed E-state index contributed by atoms with van der Waals surface area (Å²) in [6.07, 6.45) is 12.3. The Morgan fingerprint density at radius 2 is 1.18 bits per heavy atom. The molecule has 4 aliphatic rings. The van der Waals surface area contributed by atoms with Crippen LogP contribution in [-0.2, 0) is 6.42 Å². The second-order valence-electron chi connectivity index (χ2n) is 18.9. The van der Waals surface area contributed by atoms with E-state index in [0.29, 0.717) is 23.7 Å². The fraction of sp³-hybridized carbons (Fsp3) is 0.345. The van der Waals surface area contributed by atoms with Crippen molar-refractivity contribution < 1.29 is 4.42 Å². The predicted molar refractivity (Wildman–Crippen MR) is 250 cm³/mol. The van der Waals surface area contributed by atoms with Crippen molar-refractivity contribution in [2.75, 3.05) is 9.80 Å². The molecular formula is C55H60N4O. The Hall–Kier alpha value is -5.68. The topological polar surface area (TPSA) is 26.1 Å². The van der Waals surface area contributed by atoms with Crippen molar-refractivity contribution >= 4 is 33.3 Å². The normalized spacial score (nSPS) is 21.2. The van der Waals surface area contributed by atoms with Crippen molar-refractivity contribution in [2.24, 2.45) is 0 Å². The second kappa shape index (κ2) is 14.8. The molecule has 0 saturated heterocycles. The van der Waals surface area contributed by atoms with Crippen molar-refractivity contribution in [3.05, 3.63) is 179 Å². The van der Waals surface area contributed by atoms with Gasteiger partial charge in [0.1, 0.15) is 23.5 Å². The SMILES string of the molecule is C=C1CC2C(CCc3ccccc3C3N1C=CN3c1c(C(C)C)cc3c(oc4ccccc43)c1C(C)C)c1ccccc1C1N(c3c(C(C)C)cccc3C(C)C)C=CN21. The summed E-state index contributed by atoms with van der Waals surface area (Å²) >= 11 is 0. The zero-order chi connectivity index (χ0) is 41.6. The maximum absolute atomic E-state index is 6.80. The molecule has 6 aromatic rings. The van der Waals surface area contributed by atoms with E-state index >= 15 is 0 Å². The summed E-state index contributed by atoms with van der Waals surface area (Å²) in [6.45, 7) is 23.7. The molecule has 0 bridgehead atoms. The molecule has 0 saturated carbocycles. The molecule has 0 spiro atoms. The highest BCUT2D eigenvalue weighted by molar-refractivity contribution is 6.08. The van der Waals surface area contributed by atoms with Gasteiger partial charge < -0.3 is 24.0 Å². The summed E-state index contributed by atoms with van der Waals surface area (Å²) in [5.74, 6) is 1.69. The van der Waals surface area contributed by atoms with Gasteiger partial charge in [-0.05, 0) is 87.6 Å². The number of furan rings is 1. The third-order valence-corrected chi connectivity index (χ3v) is 14.0. The van der Waals surface area contributed by atoms with Crippen LogP contribution in [0, 0.1) is 0 Å². The van der Waals surface area contributed by atoms with E-state index in [9.17, 15) is 0 Å².